The highest BCUT2D eigenvalue weighted by atomic mass is 16.3. The van der Waals surface area contributed by atoms with E-state index in [0.29, 0.717) is 0 Å². The molecule has 2 N–H and O–H groups in total. The molecule has 2 aliphatic heterocycles. The van der Waals surface area contributed by atoms with Crippen molar-refractivity contribution in [3.05, 3.63) is 48.0 Å². The number of furan rings is 1. The van der Waals surface area contributed by atoms with Crippen molar-refractivity contribution < 1.29 is 4.42 Å². The third-order valence-corrected chi connectivity index (χ3v) is 6.34. The maximum absolute atomic E-state index is 5.76. The van der Waals surface area contributed by atoms with E-state index in [0.717, 1.165) is 56.8 Å². The van der Waals surface area contributed by atoms with Crippen LogP contribution in [0, 0.1) is 0 Å². The first kappa shape index (κ1) is 21.7. The van der Waals surface area contributed by atoms with Crippen molar-refractivity contribution in [1.29, 1.82) is 0 Å². The molecule has 2 fully saturated rings. The summed E-state index contributed by atoms with van der Waals surface area (Å²) in [5.74, 6) is 2.92. The third kappa shape index (κ3) is 6.00. The van der Waals surface area contributed by atoms with Gasteiger partial charge in [0.25, 0.3) is 0 Å². The van der Waals surface area contributed by atoms with Gasteiger partial charge in [-0.25, -0.2) is 4.98 Å². The summed E-state index contributed by atoms with van der Waals surface area (Å²) in [6.07, 6.45) is 11.4. The minimum atomic E-state index is 0.223. The fraction of sp³-hybridized carbons (Fsp3) is 0.583. The summed E-state index contributed by atoms with van der Waals surface area (Å²) in [4.78, 5) is 13.9. The molecule has 7 nitrogen and oxygen atoms in total. The molecule has 0 bridgehead atoms. The molecule has 2 aromatic heterocycles. The van der Waals surface area contributed by atoms with E-state index in [1.165, 1.54) is 44.1 Å². The first-order valence-corrected chi connectivity index (χ1v) is 11.8. The summed E-state index contributed by atoms with van der Waals surface area (Å²) in [5.41, 5.74) is 1.22. The lowest BCUT2D eigenvalue weighted by Crippen LogP contribution is -2.44. The first-order valence-electron chi connectivity index (χ1n) is 11.8. The zero-order valence-electron chi connectivity index (χ0n) is 18.7. The Hall–Kier alpha value is -2.54. The average molecular weight is 425 g/mol. The number of nitrogens with one attached hydrogen (secondary N) is 2. The molecule has 4 heterocycles. The molecular weight excluding hydrogens is 388 g/mol. The summed E-state index contributed by atoms with van der Waals surface area (Å²) < 4.78 is 5.76. The molecule has 1 unspecified atom stereocenters. The number of hydrogen-bond acceptors (Lipinski definition) is 5. The SMILES string of the molecule is CN=C(NCc1ccnc(N2CCCCC2)c1)NCC(c1ccco1)N1CCCCC1. The van der Waals surface area contributed by atoms with Crippen LogP contribution in [0.1, 0.15) is 55.9 Å². The van der Waals surface area contributed by atoms with E-state index < -0.39 is 0 Å². The maximum atomic E-state index is 5.76. The lowest BCUT2D eigenvalue weighted by Gasteiger charge is -2.33. The van der Waals surface area contributed by atoms with E-state index in [-0.39, 0.29) is 6.04 Å². The Labute approximate surface area is 185 Å². The van der Waals surface area contributed by atoms with Gasteiger partial charge in [-0.2, -0.15) is 0 Å². The first-order chi connectivity index (χ1) is 15.3. The fourth-order valence-corrected chi connectivity index (χ4v) is 4.59. The lowest BCUT2D eigenvalue weighted by atomic mass is 10.1. The molecule has 0 aromatic carbocycles. The van der Waals surface area contributed by atoms with Crippen LogP contribution in [-0.4, -0.2) is 55.6 Å². The van der Waals surface area contributed by atoms with Crippen LogP contribution in [0.25, 0.3) is 0 Å². The zero-order valence-corrected chi connectivity index (χ0v) is 18.7. The molecule has 0 amide bonds. The molecule has 168 valence electrons. The topological polar surface area (TPSA) is 68.9 Å². The highest BCUT2D eigenvalue weighted by Gasteiger charge is 2.24. The summed E-state index contributed by atoms with van der Waals surface area (Å²) >= 11 is 0. The van der Waals surface area contributed by atoms with Gasteiger partial charge in [-0.3, -0.25) is 9.89 Å². The quantitative estimate of drug-likeness (QED) is 0.523. The second kappa shape index (κ2) is 11.2. The number of likely N-dealkylation sites (tertiary alicyclic amines) is 1. The Morgan fingerprint density at radius 2 is 1.84 bits per heavy atom. The largest absolute Gasteiger partial charge is 0.468 e. The summed E-state index contributed by atoms with van der Waals surface area (Å²) in [7, 11) is 1.82. The monoisotopic (exact) mass is 424 g/mol. The number of guanidine groups is 1. The molecule has 4 rings (SSSR count). The van der Waals surface area contributed by atoms with Gasteiger partial charge in [0.1, 0.15) is 11.6 Å². The number of aliphatic imine (C=N–C) groups is 1. The number of aromatic nitrogens is 1. The molecule has 2 aliphatic rings. The standard InChI is InChI=1S/C24H36N6O/c1-25-24(27-18-20-10-11-26-23(17-20)30-14-6-3-7-15-30)28-19-21(22-9-8-16-31-22)29-12-4-2-5-13-29/h8-11,16-17,21H,2-7,12-15,18-19H2,1H3,(H2,25,27,28). The van der Waals surface area contributed by atoms with Crippen molar-refractivity contribution in [3.8, 4) is 0 Å². The molecule has 7 heteroatoms. The fourth-order valence-electron chi connectivity index (χ4n) is 4.59. The van der Waals surface area contributed by atoms with Crippen LogP contribution in [0.15, 0.2) is 46.1 Å². The Morgan fingerprint density at radius 1 is 1.06 bits per heavy atom. The van der Waals surface area contributed by atoms with Crippen molar-refractivity contribution in [1.82, 2.24) is 20.5 Å². The number of rotatable bonds is 7. The van der Waals surface area contributed by atoms with Gasteiger partial charge >= 0.3 is 0 Å². The third-order valence-electron chi connectivity index (χ3n) is 6.34. The van der Waals surface area contributed by atoms with E-state index in [9.17, 15) is 0 Å². The molecule has 0 radical (unpaired) electrons. The number of nitrogens with zero attached hydrogens (tertiary/aromatic N) is 4. The zero-order chi connectivity index (χ0) is 21.3. The van der Waals surface area contributed by atoms with E-state index in [2.05, 4.69) is 48.6 Å². The second-order valence-electron chi connectivity index (χ2n) is 8.50. The summed E-state index contributed by atoms with van der Waals surface area (Å²) in [6.45, 7) is 5.95. The maximum Gasteiger partial charge on any atom is 0.191 e. The van der Waals surface area contributed by atoms with E-state index >= 15 is 0 Å². The van der Waals surface area contributed by atoms with E-state index in [1.54, 1.807) is 6.26 Å². The van der Waals surface area contributed by atoms with Crippen LogP contribution < -0.4 is 15.5 Å². The van der Waals surface area contributed by atoms with E-state index in [4.69, 9.17) is 4.42 Å². The number of piperidine rings is 2. The molecule has 1 atom stereocenters. The van der Waals surface area contributed by atoms with Gasteiger partial charge < -0.3 is 20.0 Å². The van der Waals surface area contributed by atoms with Crippen molar-refractivity contribution in [2.45, 2.75) is 51.1 Å². The molecule has 2 aromatic rings. The van der Waals surface area contributed by atoms with E-state index in [1.807, 2.05) is 19.3 Å². The summed E-state index contributed by atoms with van der Waals surface area (Å²) in [6, 6.07) is 8.55. The van der Waals surface area contributed by atoms with Gasteiger partial charge in [-0.15, -0.1) is 0 Å². The van der Waals surface area contributed by atoms with Crippen molar-refractivity contribution >= 4 is 11.8 Å². The molecule has 0 saturated carbocycles. The van der Waals surface area contributed by atoms with Gasteiger partial charge in [0.2, 0.25) is 0 Å². The number of hydrogen-bond donors (Lipinski definition) is 2. The second-order valence-corrected chi connectivity index (χ2v) is 8.50. The van der Waals surface area contributed by atoms with Gasteiger partial charge in [0, 0.05) is 39.4 Å². The molecule has 0 spiro atoms. The van der Waals surface area contributed by atoms with Gasteiger partial charge in [-0.05, 0) is 75.0 Å². The van der Waals surface area contributed by atoms with Gasteiger partial charge in [-0.1, -0.05) is 6.42 Å². The Balaban J connectivity index is 1.33. The Morgan fingerprint density at radius 3 is 2.55 bits per heavy atom. The van der Waals surface area contributed by atoms with Crippen LogP contribution in [0.2, 0.25) is 0 Å². The van der Waals surface area contributed by atoms with Crippen LogP contribution in [0.4, 0.5) is 5.82 Å². The van der Waals surface area contributed by atoms with Gasteiger partial charge in [0.05, 0.1) is 12.3 Å². The normalized spacial score (nSPS) is 19.3. The number of pyridine rings is 1. The predicted octanol–water partition coefficient (Wildman–Crippen LogP) is 3.56. The minimum absolute atomic E-state index is 0.223. The molecule has 31 heavy (non-hydrogen) atoms. The van der Waals surface area contributed by atoms with Crippen molar-refractivity contribution in [3.63, 3.8) is 0 Å². The lowest BCUT2D eigenvalue weighted by molar-refractivity contribution is 0.146. The smallest absolute Gasteiger partial charge is 0.191 e. The van der Waals surface area contributed by atoms with Crippen LogP contribution in [-0.2, 0) is 6.54 Å². The Bertz CT molecular complexity index is 809. The average Bonchev–Trinajstić information content (AvgIpc) is 3.37. The Kier molecular flexibility index (Phi) is 7.82. The summed E-state index contributed by atoms with van der Waals surface area (Å²) in [5, 5.41) is 6.98. The number of anilines is 1. The van der Waals surface area contributed by atoms with Crippen LogP contribution in [0.5, 0.6) is 0 Å². The van der Waals surface area contributed by atoms with Gasteiger partial charge in [0.15, 0.2) is 5.96 Å². The molecular formula is C24H36N6O. The highest BCUT2D eigenvalue weighted by molar-refractivity contribution is 5.79. The van der Waals surface area contributed by atoms with Crippen molar-refractivity contribution in [2.75, 3.05) is 44.7 Å². The van der Waals surface area contributed by atoms with Crippen LogP contribution >= 0.6 is 0 Å². The molecule has 2 saturated heterocycles. The highest BCUT2D eigenvalue weighted by Crippen LogP contribution is 2.24. The minimum Gasteiger partial charge on any atom is -0.468 e. The predicted molar refractivity (Wildman–Crippen MR) is 125 cm³/mol. The van der Waals surface area contributed by atoms with Crippen LogP contribution in [0.3, 0.4) is 0 Å². The molecule has 0 aliphatic carbocycles. The van der Waals surface area contributed by atoms with Crippen molar-refractivity contribution in [2.24, 2.45) is 4.99 Å².